The van der Waals surface area contributed by atoms with Crippen molar-refractivity contribution in [1.29, 1.82) is 0 Å². The molecule has 0 saturated carbocycles. The van der Waals surface area contributed by atoms with Crippen molar-refractivity contribution in [3.63, 3.8) is 0 Å². The minimum atomic E-state index is -0.0159. The zero-order valence-corrected chi connectivity index (χ0v) is 7.38. The van der Waals surface area contributed by atoms with Gasteiger partial charge in [-0.25, -0.2) is 0 Å². The molecule has 0 saturated heterocycles. The molecule has 1 N–H and O–H groups in total. The summed E-state index contributed by atoms with van der Waals surface area (Å²) in [6.07, 6.45) is 7.33. The molecule has 0 fully saturated rings. The van der Waals surface area contributed by atoms with Gasteiger partial charge in [-0.15, -0.1) is 0 Å². The molecule has 1 aliphatic rings. The molecule has 0 aliphatic heterocycles. The van der Waals surface area contributed by atoms with Crippen molar-refractivity contribution in [2.75, 3.05) is 13.7 Å². The summed E-state index contributed by atoms with van der Waals surface area (Å²) < 4.78 is 4.72. The Morgan fingerprint density at radius 1 is 1.67 bits per heavy atom. The van der Waals surface area contributed by atoms with Gasteiger partial charge in [-0.05, 0) is 19.3 Å². The lowest BCUT2D eigenvalue weighted by Gasteiger charge is -2.18. The van der Waals surface area contributed by atoms with E-state index in [-0.39, 0.29) is 12.5 Å². The van der Waals surface area contributed by atoms with Crippen molar-refractivity contribution in [2.45, 2.75) is 25.3 Å². The molecule has 3 nitrogen and oxygen atoms in total. The SMILES string of the molecule is COCC(=O)NC1CC=CCC1. The first kappa shape index (κ1) is 9.26. The summed E-state index contributed by atoms with van der Waals surface area (Å²) in [5, 5.41) is 2.90. The van der Waals surface area contributed by atoms with Gasteiger partial charge in [-0.2, -0.15) is 0 Å². The molecule has 1 amide bonds. The molecule has 0 radical (unpaired) electrons. The van der Waals surface area contributed by atoms with Crippen LogP contribution in [-0.4, -0.2) is 25.7 Å². The highest BCUT2D eigenvalue weighted by Gasteiger charge is 2.11. The lowest BCUT2D eigenvalue weighted by molar-refractivity contribution is -0.125. The summed E-state index contributed by atoms with van der Waals surface area (Å²) in [5.74, 6) is -0.0159. The Morgan fingerprint density at radius 3 is 3.08 bits per heavy atom. The van der Waals surface area contributed by atoms with Gasteiger partial charge in [0.25, 0.3) is 0 Å². The standard InChI is InChI=1S/C9H15NO2/c1-12-7-9(11)10-8-5-3-2-4-6-8/h2-3,8H,4-7H2,1H3,(H,10,11). The Labute approximate surface area is 72.8 Å². The summed E-state index contributed by atoms with van der Waals surface area (Å²) in [4.78, 5) is 11.1. The molecule has 0 aromatic heterocycles. The van der Waals surface area contributed by atoms with E-state index < -0.39 is 0 Å². The molecular formula is C9H15NO2. The Morgan fingerprint density at radius 2 is 2.50 bits per heavy atom. The average Bonchev–Trinajstić information content (AvgIpc) is 2.06. The maximum Gasteiger partial charge on any atom is 0.246 e. The molecular weight excluding hydrogens is 154 g/mol. The Bertz CT molecular complexity index is 177. The predicted molar refractivity (Wildman–Crippen MR) is 46.8 cm³/mol. The summed E-state index contributed by atoms with van der Waals surface area (Å²) >= 11 is 0. The number of carbonyl (C=O) groups excluding carboxylic acids is 1. The molecule has 68 valence electrons. The maximum atomic E-state index is 11.1. The fourth-order valence-electron chi connectivity index (χ4n) is 1.33. The van der Waals surface area contributed by atoms with Gasteiger partial charge in [-0.3, -0.25) is 4.79 Å². The first-order chi connectivity index (χ1) is 5.83. The number of hydrogen-bond acceptors (Lipinski definition) is 2. The van der Waals surface area contributed by atoms with E-state index in [0.29, 0.717) is 6.04 Å². The van der Waals surface area contributed by atoms with Gasteiger partial charge in [0.05, 0.1) is 0 Å². The molecule has 0 heterocycles. The van der Waals surface area contributed by atoms with E-state index in [4.69, 9.17) is 4.74 Å². The Balaban J connectivity index is 2.21. The fraction of sp³-hybridized carbons (Fsp3) is 0.667. The van der Waals surface area contributed by atoms with Gasteiger partial charge in [-0.1, -0.05) is 12.2 Å². The van der Waals surface area contributed by atoms with Crippen molar-refractivity contribution in [1.82, 2.24) is 5.32 Å². The van der Waals surface area contributed by atoms with Crippen LogP contribution in [0.4, 0.5) is 0 Å². The number of rotatable bonds is 3. The third-order valence-electron chi connectivity index (χ3n) is 1.91. The Hall–Kier alpha value is -0.830. The summed E-state index contributed by atoms with van der Waals surface area (Å²) in [6.45, 7) is 0.167. The van der Waals surface area contributed by atoms with Crippen LogP contribution in [0.1, 0.15) is 19.3 Å². The number of methoxy groups -OCH3 is 1. The number of nitrogens with one attached hydrogen (secondary N) is 1. The molecule has 1 rings (SSSR count). The second-order valence-corrected chi connectivity index (χ2v) is 2.98. The van der Waals surface area contributed by atoms with Crippen molar-refractivity contribution in [3.8, 4) is 0 Å². The van der Waals surface area contributed by atoms with Crippen molar-refractivity contribution >= 4 is 5.91 Å². The van der Waals surface area contributed by atoms with E-state index in [1.165, 1.54) is 7.11 Å². The zero-order valence-electron chi connectivity index (χ0n) is 7.38. The molecule has 0 spiro atoms. The van der Waals surface area contributed by atoms with Crippen molar-refractivity contribution < 1.29 is 9.53 Å². The highest BCUT2D eigenvalue weighted by molar-refractivity contribution is 5.77. The number of carbonyl (C=O) groups is 1. The molecule has 12 heavy (non-hydrogen) atoms. The normalized spacial score (nSPS) is 22.2. The van der Waals surface area contributed by atoms with E-state index >= 15 is 0 Å². The van der Waals surface area contributed by atoms with E-state index in [9.17, 15) is 4.79 Å². The third kappa shape index (κ3) is 3.05. The van der Waals surface area contributed by atoms with Crippen LogP contribution in [0.25, 0.3) is 0 Å². The summed E-state index contributed by atoms with van der Waals surface area (Å²) in [6, 6.07) is 0.317. The van der Waals surface area contributed by atoms with Crippen LogP contribution in [-0.2, 0) is 9.53 Å². The van der Waals surface area contributed by atoms with Gasteiger partial charge in [0.2, 0.25) is 5.91 Å². The quantitative estimate of drug-likeness (QED) is 0.636. The van der Waals surface area contributed by atoms with Crippen molar-refractivity contribution in [2.24, 2.45) is 0 Å². The molecule has 1 unspecified atom stereocenters. The number of amides is 1. The molecule has 1 aliphatic carbocycles. The van der Waals surface area contributed by atoms with Gasteiger partial charge < -0.3 is 10.1 Å². The number of ether oxygens (including phenoxy) is 1. The van der Waals surface area contributed by atoms with Crippen LogP contribution < -0.4 is 5.32 Å². The van der Waals surface area contributed by atoms with Crippen LogP contribution in [0.3, 0.4) is 0 Å². The topological polar surface area (TPSA) is 38.3 Å². The minimum absolute atomic E-state index is 0.0159. The Kier molecular flexibility index (Phi) is 3.80. The monoisotopic (exact) mass is 169 g/mol. The van der Waals surface area contributed by atoms with E-state index in [0.717, 1.165) is 19.3 Å². The van der Waals surface area contributed by atoms with Crippen LogP contribution >= 0.6 is 0 Å². The first-order valence-corrected chi connectivity index (χ1v) is 4.26. The average molecular weight is 169 g/mol. The van der Waals surface area contributed by atoms with Crippen molar-refractivity contribution in [3.05, 3.63) is 12.2 Å². The zero-order chi connectivity index (χ0) is 8.81. The van der Waals surface area contributed by atoms with E-state index in [2.05, 4.69) is 17.5 Å². The van der Waals surface area contributed by atoms with Crippen LogP contribution in [0.2, 0.25) is 0 Å². The first-order valence-electron chi connectivity index (χ1n) is 4.26. The number of hydrogen-bond donors (Lipinski definition) is 1. The fourth-order valence-corrected chi connectivity index (χ4v) is 1.33. The van der Waals surface area contributed by atoms with Crippen LogP contribution in [0, 0.1) is 0 Å². The highest BCUT2D eigenvalue weighted by atomic mass is 16.5. The molecule has 0 aromatic carbocycles. The second-order valence-electron chi connectivity index (χ2n) is 2.98. The largest absolute Gasteiger partial charge is 0.375 e. The van der Waals surface area contributed by atoms with Gasteiger partial charge in [0, 0.05) is 13.2 Å². The summed E-state index contributed by atoms with van der Waals surface area (Å²) in [5.41, 5.74) is 0. The molecule has 0 bridgehead atoms. The van der Waals surface area contributed by atoms with Gasteiger partial charge >= 0.3 is 0 Å². The maximum absolute atomic E-state index is 11.1. The minimum Gasteiger partial charge on any atom is -0.375 e. The third-order valence-corrected chi connectivity index (χ3v) is 1.91. The lowest BCUT2D eigenvalue weighted by atomic mass is 10.0. The molecule has 3 heteroatoms. The molecule has 0 aromatic rings. The smallest absolute Gasteiger partial charge is 0.246 e. The highest BCUT2D eigenvalue weighted by Crippen LogP contribution is 2.09. The lowest BCUT2D eigenvalue weighted by Crippen LogP contribution is -2.37. The van der Waals surface area contributed by atoms with Gasteiger partial charge in [0.1, 0.15) is 6.61 Å². The van der Waals surface area contributed by atoms with Crippen LogP contribution in [0.5, 0.6) is 0 Å². The van der Waals surface area contributed by atoms with Gasteiger partial charge in [0.15, 0.2) is 0 Å². The second kappa shape index (κ2) is 4.93. The van der Waals surface area contributed by atoms with Crippen LogP contribution in [0.15, 0.2) is 12.2 Å². The number of allylic oxidation sites excluding steroid dienone is 1. The van der Waals surface area contributed by atoms with E-state index in [1.54, 1.807) is 0 Å². The van der Waals surface area contributed by atoms with E-state index in [1.807, 2.05) is 0 Å². The molecule has 1 atom stereocenters. The summed E-state index contributed by atoms with van der Waals surface area (Å²) in [7, 11) is 1.53. The predicted octanol–water partition coefficient (Wildman–Crippen LogP) is 0.858.